The van der Waals surface area contributed by atoms with E-state index in [1.165, 1.54) is 0 Å². The Bertz CT molecular complexity index is 270. The molecule has 0 radical (unpaired) electrons. The molecule has 1 atom stereocenters. The van der Waals surface area contributed by atoms with E-state index in [1.54, 1.807) is 17.9 Å². The van der Waals surface area contributed by atoms with Crippen molar-refractivity contribution in [2.24, 2.45) is 0 Å². The Hall–Kier alpha value is -1.36. The van der Waals surface area contributed by atoms with E-state index in [9.17, 15) is 4.79 Å². The number of nitrogens with zero attached hydrogens (tertiary/aromatic N) is 2. The van der Waals surface area contributed by atoms with Crippen molar-refractivity contribution in [2.75, 3.05) is 13.6 Å². The number of aromatic nitrogens is 2. The summed E-state index contributed by atoms with van der Waals surface area (Å²) in [6.45, 7) is 3.00. The Morgan fingerprint density at radius 2 is 2.43 bits per heavy atom. The third-order valence-corrected chi connectivity index (χ3v) is 1.76. The van der Waals surface area contributed by atoms with Gasteiger partial charge in [-0.05, 0) is 20.0 Å². The molecule has 5 nitrogen and oxygen atoms in total. The van der Waals surface area contributed by atoms with E-state index in [0.29, 0.717) is 13.1 Å². The summed E-state index contributed by atoms with van der Waals surface area (Å²) in [5.74, 6) is 0.00663. The number of carbonyl (C=O) groups excluding carboxylic acids is 1. The molecule has 0 saturated heterocycles. The molecule has 0 saturated carbocycles. The zero-order valence-corrected chi connectivity index (χ0v) is 8.53. The highest BCUT2D eigenvalue weighted by Crippen LogP contribution is 1.89. The number of rotatable bonds is 5. The van der Waals surface area contributed by atoms with Crippen LogP contribution < -0.4 is 10.6 Å². The van der Waals surface area contributed by atoms with Gasteiger partial charge in [-0.25, -0.2) is 0 Å². The van der Waals surface area contributed by atoms with Crippen LogP contribution in [0.1, 0.15) is 6.92 Å². The van der Waals surface area contributed by atoms with Crippen LogP contribution in [0.15, 0.2) is 18.5 Å². The van der Waals surface area contributed by atoms with Crippen molar-refractivity contribution in [2.45, 2.75) is 19.5 Å². The van der Waals surface area contributed by atoms with Crippen molar-refractivity contribution in [3.63, 3.8) is 0 Å². The minimum absolute atomic E-state index is 0.00663. The van der Waals surface area contributed by atoms with Gasteiger partial charge in [-0.2, -0.15) is 5.10 Å². The fraction of sp³-hybridized carbons (Fsp3) is 0.556. The van der Waals surface area contributed by atoms with Crippen LogP contribution in [-0.2, 0) is 11.3 Å². The van der Waals surface area contributed by atoms with Gasteiger partial charge in [-0.15, -0.1) is 0 Å². The molecule has 0 aliphatic rings. The fourth-order valence-electron chi connectivity index (χ4n) is 1.22. The lowest BCUT2D eigenvalue weighted by Crippen LogP contribution is -2.40. The van der Waals surface area contributed by atoms with Gasteiger partial charge in [0.2, 0.25) is 5.91 Å². The summed E-state index contributed by atoms with van der Waals surface area (Å²) in [5, 5.41) is 9.71. The molecule has 1 aromatic heterocycles. The molecule has 1 rings (SSSR count). The number of likely N-dealkylation sites (N-methyl/N-ethyl adjacent to an activating group) is 1. The smallest absolute Gasteiger partial charge is 0.234 e. The second-order valence-electron chi connectivity index (χ2n) is 3.23. The molecule has 5 heteroatoms. The summed E-state index contributed by atoms with van der Waals surface area (Å²) in [7, 11) is 1.75. The van der Waals surface area contributed by atoms with Gasteiger partial charge in [0, 0.05) is 18.4 Å². The Balaban J connectivity index is 2.29. The van der Waals surface area contributed by atoms with Gasteiger partial charge >= 0.3 is 0 Å². The topological polar surface area (TPSA) is 59.0 Å². The first-order valence-electron chi connectivity index (χ1n) is 4.63. The highest BCUT2D eigenvalue weighted by molar-refractivity contribution is 5.78. The maximum atomic E-state index is 11.2. The average Bonchev–Trinajstić information content (AvgIpc) is 2.56. The molecule has 2 N–H and O–H groups in total. The molecule has 1 unspecified atom stereocenters. The van der Waals surface area contributed by atoms with Gasteiger partial charge in [0.25, 0.3) is 0 Å². The number of nitrogens with one attached hydrogen (secondary N) is 2. The molecule has 1 amide bonds. The monoisotopic (exact) mass is 196 g/mol. The first-order valence-corrected chi connectivity index (χ1v) is 4.63. The van der Waals surface area contributed by atoms with E-state index < -0.39 is 0 Å². The van der Waals surface area contributed by atoms with Gasteiger partial charge in [0.15, 0.2) is 0 Å². The summed E-state index contributed by atoms with van der Waals surface area (Å²) in [4.78, 5) is 11.2. The molecular formula is C9H16N4O. The van der Waals surface area contributed by atoms with E-state index >= 15 is 0 Å². The zero-order chi connectivity index (χ0) is 10.4. The van der Waals surface area contributed by atoms with Crippen molar-refractivity contribution in [3.05, 3.63) is 18.5 Å². The van der Waals surface area contributed by atoms with Gasteiger partial charge < -0.3 is 10.6 Å². The first kappa shape index (κ1) is 10.7. The van der Waals surface area contributed by atoms with E-state index in [-0.39, 0.29) is 11.9 Å². The summed E-state index contributed by atoms with van der Waals surface area (Å²) in [6.07, 6.45) is 3.60. The highest BCUT2D eigenvalue weighted by Gasteiger charge is 2.06. The van der Waals surface area contributed by atoms with Gasteiger partial charge in [0.1, 0.15) is 0 Å². The Kier molecular flexibility index (Phi) is 4.12. The van der Waals surface area contributed by atoms with Crippen molar-refractivity contribution < 1.29 is 4.79 Å². The third kappa shape index (κ3) is 3.57. The molecular weight excluding hydrogens is 180 g/mol. The molecule has 0 bridgehead atoms. The van der Waals surface area contributed by atoms with E-state index in [4.69, 9.17) is 0 Å². The van der Waals surface area contributed by atoms with Crippen LogP contribution in [0.4, 0.5) is 0 Å². The van der Waals surface area contributed by atoms with Crippen molar-refractivity contribution in [3.8, 4) is 0 Å². The SMILES string of the molecule is CNCC(=O)NC(C)Cn1cccn1. The quantitative estimate of drug-likeness (QED) is 0.674. The standard InChI is InChI=1S/C9H16N4O/c1-8(12-9(14)6-10-2)7-13-5-3-4-11-13/h3-5,8,10H,6-7H2,1-2H3,(H,12,14). The average molecular weight is 196 g/mol. The number of hydrogen-bond acceptors (Lipinski definition) is 3. The van der Waals surface area contributed by atoms with Crippen molar-refractivity contribution in [1.82, 2.24) is 20.4 Å². The Morgan fingerprint density at radius 1 is 1.64 bits per heavy atom. The molecule has 0 aliphatic carbocycles. The lowest BCUT2D eigenvalue weighted by Gasteiger charge is -2.13. The molecule has 0 spiro atoms. The first-order chi connectivity index (χ1) is 6.72. The van der Waals surface area contributed by atoms with Crippen LogP contribution in [0.2, 0.25) is 0 Å². The Morgan fingerprint density at radius 3 is 3.00 bits per heavy atom. The summed E-state index contributed by atoms with van der Waals surface area (Å²) in [5.41, 5.74) is 0. The molecule has 14 heavy (non-hydrogen) atoms. The number of carbonyl (C=O) groups is 1. The lowest BCUT2D eigenvalue weighted by atomic mass is 10.3. The lowest BCUT2D eigenvalue weighted by molar-refractivity contribution is -0.120. The van der Waals surface area contributed by atoms with E-state index in [1.807, 2.05) is 19.2 Å². The van der Waals surface area contributed by atoms with Crippen molar-refractivity contribution in [1.29, 1.82) is 0 Å². The summed E-state index contributed by atoms with van der Waals surface area (Å²) < 4.78 is 1.80. The maximum absolute atomic E-state index is 11.2. The predicted molar refractivity (Wildman–Crippen MR) is 53.8 cm³/mol. The maximum Gasteiger partial charge on any atom is 0.234 e. The largest absolute Gasteiger partial charge is 0.351 e. The minimum atomic E-state index is 0.00663. The Labute approximate surface area is 83.5 Å². The van der Waals surface area contributed by atoms with Crippen LogP contribution >= 0.6 is 0 Å². The second kappa shape index (κ2) is 5.39. The molecule has 1 heterocycles. The number of hydrogen-bond donors (Lipinski definition) is 2. The van der Waals surface area contributed by atoms with E-state index in [2.05, 4.69) is 15.7 Å². The van der Waals surface area contributed by atoms with Gasteiger partial charge in [0.05, 0.1) is 13.1 Å². The predicted octanol–water partition coefficient (Wildman–Crippen LogP) is -0.393. The van der Waals surface area contributed by atoms with Crippen LogP contribution in [0, 0.1) is 0 Å². The summed E-state index contributed by atoms with van der Waals surface area (Å²) in [6, 6.07) is 1.96. The molecule has 0 aliphatic heterocycles. The molecule has 0 aromatic carbocycles. The van der Waals surface area contributed by atoms with Gasteiger partial charge in [-0.3, -0.25) is 9.48 Å². The number of amides is 1. The summed E-state index contributed by atoms with van der Waals surface area (Å²) >= 11 is 0. The van der Waals surface area contributed by atoms with Crippen LogP contribution in [0.5, 0.6) is 0 Å². The molecule has 78 valence electrons. The zero-order valence-electron chi connectivity index (χ0n) is 8.53. The minimum Gasteiger partial charge on any atom is -0.351 e. The van der Waals surface area contributed by atoms with Crippen molar-refractivity contribution >= 4 is 5.91 Å². The van der Waals surface area contributed by atoms with Crippen LogP contribution in [0.25, 0.3) is 0 Å². The van der Waals surface area contributed by atoms with Crippen LogP contribution in [-0.4, -0.2) is 35.3 Å². The molecule has 0 fully saturated rings. The second-order valence-corrected chi connectivity index (χ2v) is 3.23. The van der Waals surface area contributed by atoms with E-state index in [0.717, 1.165) is 0 Å². The van der Waals surface area contributed by atoms with Crippen LogP contribution in [0.3, 0.4) is 0 Å². The molecule has 1 aromatic rings. The van der Waals surface area contributed by atoms with Gasteiger partial charge in [-0.1, -0.05) is 0 Å². The fourth-order valence-corrected chi connectivity index (χ4v) is 1.22. The normalized spacial score (nSPS) is 12.4. The highest BCUT2D eigenvalue weighted by atomic mass is 16.1. The third-order valence-electron chi connectivity index (χ3n) is 1.76.